The van der Waals surface area contributed by atoms with E-state index in [1.807, 2.05) is 0 Å². The topological polar surface area (TPSA) is 35.6 Å². The van der Waals surface area contributed by atoms with Crippen LogP contribution in [0.25, 0.3) is 0 Å². The van der Waals surface area contributed by atoms with Crippen molar-refractivity contribution in [2.24, 2.45) is 0 Å². The molecule has 1 saturated carbocycles. The van der Waals surface area contributed by atoms with Crippen molar-refractivity contribution in [2.45, 2.75) is 51.5 Å². The lowest BCUT2D eigenvalue weighted by Crippen LogP contribution is -2.47. The molecule has 1 aliphatic heterocycles. The van der Waals surface area contributed by atoms with E-state index in [0.717, 1.165) is 39.3 Å². The van der Waals surface area contributed by atoms with E-state index in [4.69, 9.17) is 0 Å². The Labute approximate surface area is 117 Å². The molecule has 110 valence electrons. The summed E-state index contributed by atoms with van der Waals surface area (Å²) in [7, 11) is 0. The Morgan fingerprint density at radius 2 is 1.68 bits per heavy atom. The van der Waals surface area contributed by atoms with Gasteiger partial charge >= 0.3 is 0 Å². The van der Waals surface area contributed by atoms with Gasteiger partial charge in [0.15, 0.2) is 0 Å². The lowest BCUT2D eigenvalue weighted by atomic mass is 9.95. The van der Waals surface area contributed by atoms with E-state index in [0.29, 0.717) is 12.5 Å². The molecule has 4 heteroatoms. The molecule has 0 unspecified atom stereocenters. The van der Waals surface area contributed by atoms with Crippen LogP contribution < -0.4 is 5.32 Å². The third-order valence-corrected chi connectivity index (χ3v) is 4.54. The molecule has 2 rings (SSSR count). The third kappa shape index (κ3) is 5.11. The summed E-state index contributed by atoms with van der Waals surface area (Å²) in [6.07, 6.45) is 6.94. The summed E-state index contributed by atoms with van der Waals surface area (Å²) in [5.74, 6) is 0.254. The van der Waals surface area contributed by atoms with E-state index >= 15 is 0 Å². The predicted molar refractivity (Wildman–Crippen MR) is 78.2 cm³/mol. The Bertz CT molecular complexity index is 269. The van der Waals surface area contributed by atoms with Crippen molar-refractivity contribution in [2.75, 3.05) is 39.3 Å². The Hall–Kier alpha value is -0.610. The molecule has 1 amide bonds. The second-order valence-electron chi connectivity index (χ2n) is 5.93. The van der Waals surface area contributed by atoms with Gasteiger partial charge in [-0.15, -0.1) is 0 Å². The highest BCUT2D eigenvalue weighted by Gasteiger charge is 2.18. The van der Waals surface area contributed by atoms with Crippen molar-refractivity contribution in [1.29, 1.82) is 0 Å². The van der Waals surface area contributed by atoms with Gasteiger partial charge in [-0.2, -0.15) is 0 Å². The molecule has 0 radical (unpaired) electrons. The summed E-state index contributed by atoms with van der Waals surface area (Å²) >= 11 is 0. The van der Waals surface area contributed by atoms with Crippen LogP contribution in [0.4, 0.5) is 0 Å². The van der Waals surface area contributed by atoms with Crippen LogP contribution in [-0.2, 0) is 4.79 Å². The number of nitrogens with zero attached hydrogens (tertiary/aromatic N) is 2. The maximum atomic E-state index is 11.9. The maximum absolute atomic E-state index is 11.9. The van der Waals surface area contributed by atoms with Gasteiger partial charge in [0, 0.05) is 45.2 Å². The van der Waals surface area contributed by atoms with Gasteiger partial charge in [0.05, 0.1) is 0 Å². The van der Waals surface area contributed by atoms with Crippen molar-refractivity contribution >= 4 is 5.91 Å². The average Bonchev–Trinajstić information content (AvgIpc) is 2.47. The molecule has 4 nitrogen and oxygen atoms in total. The van der Waals surface area contributed by atoms with Crippen LogP contribution in [0.1, 0.15) is 45.4 Å². The van der Waals surface area contributed by atoms with Crippen LogP contribution in [0.2, 0.25) is 0 Å². The first kappa shape index (κ1) is 14.8. The molecule has 2 fully saturated rings. The minimum absolute atomic E-state index is 0.254. The van der Waals surface area contributed by atoms with Gasteiger partial charge in [0.2, 0.25) is 5.91 Å². The Kier molecular flexibility index (Phi) is 6.11. The SMILES string of the molecule is CCN1CCN(CCC(=O)NC2CCCCC2)CC1. The summed E-state index contributed by atoms with van der Waals surface area (Å²) in [5.41, 5.74) is 0. The minimum atomic E-state index is 0.254. The Balaban J connectivity index is 1.58. The van der Waals surface area contributed by atoms with Gasteiger partial charge in [-0.05, 0) is 19.4 Å². The van der Waals surface area contributed by atoms with Gasteiger partial charge in [-0.1, -0.05) is 26.2 Å². The van der Waals surface area contributed by atoms with Crippen LogP contribution in [0.5, 0.6) is 0 Å². The Morgan fingerprint density at radius 3 is 2.32 bits per heavy atom. The first-order chi connectivity index (χ1) is 9.28. The van der Waals surface area contributed by atoms with Gasteiger partial charge in [0.1, 0.15) is 0 Å². The van der Waals surface area contributed by atoms with Gasteiger partial charge in [0.25, 0.3) is 0 Å². The number of nitrogens with one attached hydrogen (secondary N) is 1. The average molecular weight is 267 g/mol. The van der Waals surface area contributed by atoms with E-state index in [1.165, 1.54) is 32.1 Å². The second kappa shape index (κ2) is 7.85. The lowest BCUT2D eigenvalue weighted by Gasteiger charge is -2.34. The smallest absolute Gasteiger partial charge is 0.221 e. The number of carbonyl (C=O) groups excluding carboxylic acids is 1. The fourth-order valence-electron chi connectivity index (χ4n) is 3.14. The molecule has 1 aliphatic carbocycles. The zero-order valence-corrected chi connectivity index (χ0v) is 12.4. The molecular weight excluding hydrogens is 238 g/mol. The van der Waals surface area contributed by atoms with Gasteiger partial charge in [-0.3, -0.25) is 4.79 Å². The minimum Gasteiger partial charge on any atom is -0.353 e. The summed E-state index contributed by atoms with van der Waals surface area (Å²) in [4.78, 5) is 16.8. The highest BCUT2D eigenvalue weighted by molar-refractivity contribution is 5.76. The number of amides is 1. The summed E-state index contributed by atoms with van der Waals surface area (Å²) < 4.78 is 0. The van der Waals surface area contributed by atoms with Crippen LogP contribution in [0.3, 0.4) is 0 Å². The van der Waals surface area contributed by atoms with Crippen LogP contribution in [0, 0.1) is 0 Å². The monoisotopic (exact) mass is 267 g/mol. The molecule has 0 aromatic carbocycles. The summed E-state index contributed by atoms with van der Waals surface area (Å²) in [6, 6.07) is 0.457. The number of likely N-dealkylation sites (N-methyl/N-ethyl adjacent to an activating group) is 1. The number of carbonyl (C=O) groups is 1. The second-order valence-corrected chi connectivity index (χ2v) is 5.93. The first-order valence-electron chi connectivity index (χ1n) is 8.02. The number of rotatable bonds is 5. The van der Waals surface area contributed by atoms with E-state index in [9.17, 15) is 4.79 Å². The van der Waals surface area contributed by atoms with Crippen molar-refractivity contribution in [1.82, 2.24) is 15.1 Å². The molecule has 1 heterocycles. The normalized spacial score (nSPS) is 23.4. The molecule has 0 atom stereocenters. The quantitative estimate of drug-likeness (QED) is 0.819. The predicted octanol–water partition coefficient (Wildman–Crippen LogP) is 1.46. The highest BCUT2D eigenvalue weighted by atomic mass is 16.1. The molecule has 2 aliphatic rings. The number of hydrogen-bond donors (Lipinski definition) is 1. The molecule has 1 saturated heterocycles. The lowest BCUT2D eigenvalue weighted by molar-refractivity contribution is -0.122. The molecule has 0 spiro atoms. The molecule has 1 N–H and O–H groups in total. The molecular formula is C15H29N3O. The largest absolute Gasteiger partial charge is 0.353 e. The van der Waals surface area contributed by atoms with E-state index in [2.05, 4.69) is 22.0 Å². The number of piperazine rings is 1. The Morgan fingerprint density at radius 1 is 1.05 bits per heavy atom. The first-order valence-corrected chi connectivity index (χ1v) is 8.02. The molecule has 0 bridgehead atoms. The van der Waals surface area contributed by atoms with E-state index in [-0.39, 0.29) is 5.91 Å². The van der Waals surface area contributed by atoms with E-state index in [1.54, 1.807) is 0 Å². The van der Waals surface area contributed by atoms with E-state index < -0.39 is 0 Å². The van der Waals surface area contributed by atoms with Crippen molar-refractivity contribution in [3.05, 3.63) is 0 Å². The van der Waals surface area contributed by atoms with Crippen molar-refractivity contribution in [3.8, 4) is 0 Å². The van der Waals surface area contributed by atoms with Gasteiger partial charge < -0.3 is 15.1 Å². The van der Waals surface area contributed by atoms with Crippen molar-refractivity contribution in [3.63, 3.8) is 0 Å². The fourth-order valence-corrected chi connectivity index (χ4v) is 3.14. The standard InChI is InChI=1S/C15H29N3O/c1-2-17-10-12-18(13-11-17)9-8-15(19)16-14-6-4-3-5-7-14/h14H,2-13H2,1H3,(H,16,19). The number of hydrogen-bond acceptors (Lipinski definition) is 3. The van der Waals surface area contributed by atoms with Crippen LogP contribution in [-0.4, -0.2) is 61.0 Å². The maximum Gasteiger partial charge on any atom is 0.221 e. The van der Waals surface area contributed by atoms with Gasteiger partial charge in [-0.25, -0.2) is 0 Å². The molecule has 19 heavy (non-hydrogen) atoms. The third-order valence-electron chi connectivity index (χ3n) is 4.54. The highest BCUT2D eigenvalue weighted by Crippen LogP contribution is 2.17. The van der Waals surface area contributed by atoms with Crippen LogP contribution in [0.15, 0.2) is 0 Å². The zero-order valence-electron chi connectivity index (χ0n) is 12.4. The summed E-state index contributed by atoms with van der Waals surface area (Å²) in [6.45, 7) is 8.83. The summed E-state index contributed by atoms with van der Waals surface area (Å²) in [5, 5.41) is 3.20. The fraction of sp³-hybridized carbons (Fsp3) is 0.933. The molecule has 0 aromatic heterocycles. The van der Waals surface area contributed by atoms with Crippen molar-refractivity contribution < 1.29 is 4.79 Å². The van der Waals surface area contributed by atoms with Crippen LogP contribution >= 0.6 is 0 Å². The molecule has 0 aromatic rings. The zero-order chi connectivity index (χ0) is 13.5.